The van der Waals surface area contributed by atoms with Crippen LogP contribution < -0.4 is 11.1 Å². The number of carbonyl (C=O) groups is 1. The van der Waals surface area contributed by atoms with E-state index < -0.39 is 0 Å². The van der Waals surface area contributed by atoms with Crippen molar-refractivity contribution >= 4 is 5.91 Å². The SMILES string of the molecule is CC1(C)CN(C(=O)[C@H]2CNCCO2)CCC1N. The third-order valence-electron chi connectivity index (χ3n) is 3.83. The van der Waals surface area contributed by atoms with Crippen LogP contribution in [-0.2, 0) is 9.53 Å². The monoisotopic (exact) mass is 241 g/mol. The number of hydrogen-bond acceptors (Lipinski definition) is 4. The lowest BCUT2D eigenvalue weighted by Crippen LogP contribution is -2.58. The molecule has 2 rings (SSSR count). The Balaban J connectivity index is 1.95. The zero-order valence-corrected chi connectivity index (χ0v) is 10.7. The summed E-state index contributed by atoms with van der Waals surface area (Å²) >= 11 is 0. The standard InChI is InChI=1S/C12H23N3O2/c1-12(2)8-15(5-3-10(12)13)11(16)9-7-14-4-6-17-9/h9-10,14H,3-8,13H2,1-2H3/t9-,10?/m1/s1. The summed E-state index contributed by atoms with van der Waals surface area (Å²) in [4.78, 5) is 14.2. The van der Waals surface area contributed by atoms with Crippen LogP contribution in [0.15, 0.2) is 0 Å². The van der Waals surface area contributed by atoms with E-state index in [0.29, 0.717) is 13.2 Å². The second kappa shape index (κ2) is 4.92. The molecule has 3 N–H and O–H groups in total. The normalized spacial score (nSPS) is 33.5. The van der Waals surface area contributed by atoms with E-state index >= 15 is 0 Å². The molecule has 0 aromatic heterocycles. The van der Waals surface area contributed by atoms with Gasteiger partial charge in [-0.2, -0.15) is 0 Å². The maximum Gasteiger partial charge on any atom is 0.253 e. The summed E-state index contributed by atoms with van der Waals surface area (Å²) in [5, 5.41) is 3.19. The lowest BCUT2D eigenvalue weighted by Gasteiger charge is -2.43. The van der Waals surface area contributed by atoms with E-state index in [9.17, 15) is 4.79 Å². The van der Waals surface area contributed by atoms with E-state index in [0.717, 1.165) is 26.1 Å². The number of morpholine rings is 1. The first-order chi connectivity index (χ1) is 8.00. The van der Waals surface area contributed by atoms with Crippen molar-refractivity contribution in [3.8, 4) is 0 Å². The average molecular weight is 241 g/mol. The van der Waals surface area contributed by atoms with Crippen LogP contribution in [0.25, 0.3) is 0 Å². The molecule has 5 heteroatoms. The van der Waals surface area contributed by atoms with Crippen LogP contribution in [-0.4, -0.2) is 55.7 Å². The topological polar surface area (TPSA) is 67.6 Å². The number of likely N-dealkylation sites (tertiary alicyclic amines) is 1. The molecule has 2 fully saturated rings. The van der Waals surface area contributed by atoms with Gasteiger partial charge in [0, 0.05) is 32.2 Å². The fourth-order valence-corrected chi connectivity index (χ4v) is 2.49. The van der Waals surface area contributed by atoms with Crippen molar-refractivity contribution < 1.29 is 9.53 Å². The van der Waals surface area contributed by atoms with Crippen molar-refractivity contribution in [2.45, 2.75) is 32.4 Å². The summed E-state index contributed by atoms with van der Waals surface area (Å²) in [5.74, 6) is 0.108. The van der Waals surface area contributed by atoms with Gasteiger partial charge in [-0.3, -0.25) is 4.79 Å². The predicted octanol–water partition coefficient (Wildman–Crippen LogP) is -0.439. The number of carbonyl (C=O) groups excluding carboxylic acids is 1. The third kappa shape index (κ3) is 2.78. The maximum absolute atomic E-state index is 12.3. The van der Waals surface area contributed by atoms with Gasteiger partial charge in [0.2, 0.25) is 0 Å². The zero-order valence-electron chi connectivity index (χ0n) is 10.7. The van der Waals surface area contributed by atoms with Gasteiger partial charge >= 0.3 is 0 Å². The van der Waals surface area contributed by atoms with E-state index in [1.54, 1.807) is 0 Å². The van der Waals surface area contributed by atoms with Crippen LogP contribution in [0.3, 0.4) is 0 Å². The summed E-state index contributed by atoms with van der Waals surface area (Å²) in [6.07, 6.45) is 0.563. The van der Waals surface area contributed by atoms with Crippen LogP contribution in [0.1, 0.15) is 20.3 Å². The fourth-order valence-electron chi connectivity index (χ4n) is 2.49. The second-order valence-corrected chi connectivity index (χ2v) is 5.71. The van der Waals surface area contributed by atoms with Gasteiger partial charge in [-0.25, -0.2) is 0 Å². The molecule has 17 heavy (non-hydrogen) atoms. The Labute approximate surface area is 103 Å². The summed E-state index contributed by atoms with van der Waals surface area (Å²) in [6, 6.07) is 0.178. The molecule has 0 aromatic rings. The van der Waals surface area contributed by atoms with E-state index in [-0.39, 0.29) is 23.5 Å². The Hall–Kier alpha value is -0.650. The van der Waals surface area contributed by atoms with E-state index in [1.165, 1.54) is 0 Å². The van der Waals surface area contributed by atoms with E-state index in [4.69, 9.17) is 10.5 Å². The molecule has 0 aliphatic carbocycles. The maximum atomic E-state index is 12.3. The number of hydrogen-bond donors (Lipinski definition) is 2. The smallest absolute Gasteiger partial charge is 0.253 e. The van der Waals surface area contributed by atoms with Crippen LogP contribution in [0.4, 0.5) is 0 Å². The minimum absolute atomic E-state index is 0.00396. The molecule has 2 heterocycles. The third-order valence-corrected chi connectivity index (χ3v) is 3.83. The highest BCUT2D eigenvalue weighted by atomic mass is 16.5. The lowest BCUT2D eigenvalue weighted by molar-refractivity contribution is -0.148. The molecular weight excluding hydrogens is 218 g/mol. The minimum Gasteiger partial charge on any atom is -0.366 e. The highest BCUT2D eigenvalue weighted by Crippen LogP contribution is 2.28. The molecule has 2 aliphatic heterocycles. The molecular formula is C12H23N3O2. The molecule has 0 bridgehead atoms. The van der Waals surface area contributed by atoms with Crippen molar-refractivity contribution in [3.05, 3.63) is 0 Å². The van der Waals surface area contributed by atoms with Gasteiger partial charge in [-0.1, -0.05) is 13.8 Å². The van der Waals surface area contributed by atoms with Crippen molar-refractivity contribution in [1.29, 1.82) is 0 Å². The van der Waals surface area contributed by atoms with Gasteiger partial charge in [-0.05, 0) is 11.8 Å². The summed E-state index contributed by atoms with van der Waals surface area (Å²) in [7, 11) is 0. The Morgan fingerprint density at radius 3 is 2.88 bits per heavy atom. The van der Waals surface area contributed by atoms with Crippen molar-refractivity contribution in [2.75, 3.05) is 32.8 Å². The van der Waals surface area contributed by atoms with Crippen molar-refractivity contribution in [3.63, 3.8) is 0 Å². The largest absolute Gasteiger partial charge is 0.366 e. The van der Waals surface area contributed by atoms with Crippen molar-refractivity contribution in [1.82, 2.24) is 10.2 Å². The van der Waals surface area contributed by atoms with Crippen LogP contribution in [0.5, 0.6) is 0 Å². The first-order valence-electron chi connectivity index (χ1n) is 6.37. The van der Waals surface area contributed by atoms with E-state index in [1.807, 2.05) is 4.90 Å². The van der Waals surface area contributed by atoms with Gasteiger partial charge in [-0.15, -0.1) is 0 Å². The summed E-state index contributed by atoms with van der Waals surface area (Å²) in [5.41, 5.74) is 6.07. The minimum atomic E-state index is -0.311. The molecule has 0 saturated carbocycles. The van der Waals surface area contributed by atoms with Crippen LogP contribution in [0.2, 0.25) is 0 Å². The molecule has 2 atom stereocenters. The zero-order chi connectivity index (χ0) is 12.5. The van der Waals surface area contributed by atoms with Gasteiger partial charge in [0.15, 0.2) is 0 Å². The molecule has 0 aromatic carbocycles. The molecule has 98 valence electrons. The number of amides is 1. The molecule has 0 spiro atoms. The Bertz CT molecular complexity index is 287. The second-order valence-electron chi connectivity index (χ2n) is 5.71. The first-order valence-corrected chi connectivity index (χ1v) is 6.37. The molecule has 5 nitrogen and oxygen atoms in total. The van der Waals surface area contributed by atoms with Gasteiger partial charge in [0.05, 0.1) is 6.61 Å². The number of nitrogens with zero attached hydrogens (tertiary/aromatic N) is 1. The molecule has 1 amide bonds. The number of rotatable bonds is 1. The predicted molar refractivity (Wildman–Crippen MR) is 65.6 cm³/mol. The van der Waals surface area contributed by atoms with Gasteiger partial charge < -0.3 is 20.7 Å². The highest BCUT2D eigenvalue weighted by molar-refractivity contribution is 5.81. The summed E-state index contributed by atoms with van der Waals surface area (Å²) in [6.45, 7) is 7.80. The highest BCUT2D eigenvalue weighted by Gasteiger charge is 2.37. The number of nitrogens with one attached hydrogen (secondary N) is 1. The molecule has 2 aliphatic rings. The van der Waals surface area contributed by atoms with Crippen LogP contribution >= 0.6 is 0 Å². The Morgan fingerprint density at radius 2 is 2.29 bits per heavy atom. The summed E-state index contributed by atoms with van der Waals surface area (Å²) < 4.78 is 5.50. The van der Waals surface area contributed by atoms with E-state index in [2.05, 4.69) is 19.2 Å². The quantitative estimate of drug-likeness (QED) is 0.653. The van der Waals surface area contributed by atoms with Gasteiger partial charge in [0.1, 0.15) is 6.10 Å². The lowest BCUT2D eigenvalue weighted by atomic mass is 9.79. The molecule has 1 unspecified atom stereocenters. The Kier molecular flexibility index (Phi) is 3.70. The Morgan fingerprint density at radius 1 is 1.53 bits per heavy atom. The molecule has 2 saturated heterocycles. The molecule has 0 radical (unpaired) electrons. The number of piperidine rings is 1. The van der Waals surface area contributed by atoms with Crippen molar-refractivity contribution in [2.24, 2.45) is 11.1 Å². The van der Waals surface area contributed by atoms with Gasteiger partial charge in [0.25, 0.3) is 5.91 Å². The fraction of sp³-hybridized carbons (Fsp3) is 0.917. The number of ether oxygens (including phenoxy) is 1. The van der Waals surface area contributed by atoms with Crippen LogP contribution in [0, 0.1) is 5.41 Å². The number of nitrogens with two attached hydrogens (primary N) is 1. The first kappa shape index (κ1) is 12.8. The average Bonchev–Trinajstić information content (AvgIpc) is 2.33.